The summed E-state index contributed by atoms with van der Waals surface area (Å²) < 4.78 is 0. The van der Waals surface area contributed by atoms with Gasteiger partial charge in [-0.15, -0.1) is 0 Å². The van der Waals surface area contributed by atoms with Crippen molar-refractivity contribution in [3.05, 3.63) is 22.7 Å². The van der Waals surface area contributed by atoms with Crippen molar-refractivity contribution >= 4 is 28.9 Å². The number of amides is 1. The number of nitrogens with zero attached hydrogens (tertiary/aromatic N) is 1. The van der Waals surface area contributed by atoms with Crippen LogP contribution in [-0.2, 0) is 4.79 Å². The number of nitrogens with one attached hydrogen (secondary N) is 2. The molecule has 0 aromatic heterocycles. The lowest BCUT2D eigenvalue weighted by Gasteiger charge is -2.23. The maximum absolute atomic E-state index is 11.8. The monoisotopic (exact) mass is 283 g/mol. The highest BCUT2D eigenvalue weighted by Gasteiger charge is 2.30. The summed E-state index contributed by atoms with van der Waals surface area (Å²) >= 11 is 6.27. The zero-order chi connectivity index (χ0) is 14.2. The van der Waals surface area contributed by atoms with E-state index in [0.717, 1.165) is 16.9 Å². The normalized spacial score (nSPS) is 19.0. The van der Waals surface area contributed by atoms with E-state index in [-0.39, 0.29) is 11.9 Å². The topological polar surface area (TPSA) is 64.6 Å². The number of hydrogen-bond acceptors (Lipinski definition) is 4. The third-order valence-corrected chi connectivity index (χ3v) is 3.49. The molecular weight excluding hydrogens is 266 g/mol. The molecule has 19 heavy (non-hydrogen) atoms. The Balaban J connectivity index is 2.36. The zero-order valence-electron chi connectivity index (χ0n) is 11.2. The van der Waals surface area contributed by atoms with Gasteiger partial charge in [0, 0.05) is 24.8 Å². The van der Waals surface area contributed by atoms with Crippen molar-refractivity contribution < 1.29 is 9.90 Å². The van der Waals surface area contributed by atoms with Crippen LogP contribution in [-0.4, -0.2) is 37.8 Å². The summed E-state index contributed by atoms with van der Waals surface area (Å²) in [5.41, 5.74) is 2.41. The number of halogens is 1. The van der Waals surface area contributed by atoms with E-state index in [1.54, 1.807) is 20.0 Å². The van der Waals surface area contributed by atoms with Crippen LogP contribution in [0.2, 0.25) is 5.02 Å². The van der Waals surface area contributed by atoms with Crippen LogP contribution in [0, 0.1) is 0 Å². The van der Waals surface area contributed by atoms with Gasteiger partial charge in [0.1, 0.15) is 6.04 Å². The number of likely N-dealkylation sites (N-methyl/N-ethyl adjacent to an activating group) is 2. The minimum absolute atomic E-state index is 0.0797. The summed E-state index contributed by atoms with van der Waals surface area (Å²) in [7, 11) is 3.59. The van der Waals surface area contributed by atoms with E-state index in [9.17, 15) is 9.90 Å². The van der Waals surface area contributed by atoms with Crippen molar-refractivity contribution in [1.29, 1.82) is 0 Å². The minimum atomic E-state index is -0.450. The van der Waals surface area contributed by atoms with Crippen LogP contribution < -0.4 is 15.5 Å². The minimum Gasteiger partial charge on any atom is -0.392 e. The summed E-state index contributed by atoms with van der Waals surface area (Å²) in [6.07, 6.45) is -0.450. The first-order chi connectivity index (χ1) is 8.93. The molecule has 1 aliphatic rings. The highest BCUT2D eigenvalue weighted by Crippen LogP contribution is 2.38. The van der Waals surface area contributed by atoms with Gasteiger partial charge < -0.3 is 20.6 Å². The number of aliphatic hydroxyl groups is 1. The standard InChI is InChI=1S/C13H18ClN3O2/c1-7(18)6-17(3)11-5-10-8(4-9(11)14)12(15-2)13(19)16-10/h4-5,7,12,15,18H,6H2,1-3H3,(H,16,19). The van der Waals surface area contributed by atoms with Gasteiger partial charge in [0.2, 0.25) is 5.91 Å². The number of hydrogen-bond donors (Lipinski definition) is 3. The summed E-state index contributed by atoms with van der Waals surface area (Å²) in [4.78, 5) is 13.6. The van der Waals surface area contributed by atoms with Crippen LogP contribution in [0.5, 0.6) is 0 Å². The molecule has 1 aromatic rings. The number of benzene rings is 1. The van der Waals surface area contributed by atoms with Crippen molar-refractivity contribution in [1.82, 2.24) is 5.32 Å². The molecule has 0 spiro atoms. The zero-order valence-corrected chi connectivity index (χ0v) is 12.0. The first-order valence-electron chi connectivity index (χ1n) is 6.14. The van der Waals surface area contributed by atoms with Gasteiger partial charge in [0.05, 0.1) is 16.8 Å². The summed E-state index contributed by atoms with van der Waals surface area (Å²) in [5, 5.41) is 15.8. The molecule has 6 heteroatoms. The van der Waals surface area contributed by atoms with Crippen LogP contribution in [0.3, 0.4) is 0 Å². The molecule has 1 aliphatic heterocycles. The molecule has 1 aromatic carbocycles. The molecule has 2 unspecified atom stereocenters. The van der Waals surface area contributed by atoms with E-state index in [0.29, 0.717) is 11.6 Å². The van der Waals surface area contributed by atoms with Gasteiger partial charge in [-0.2, -0.15) is 0 Å². The highest BCUT2D eigenvalue weighted by molar-refractivity contribution is 6.33. The van der Waals surface area contributed by atoms with Gasteiger partial charge in [0.15, 0.2) is 0 Å². The Morgan fingerprint density at radius 3 is 2.84 bits per heavy atom. The van der Waals surface area contributed by atoms with Crippen LogP contribution in [0.1, 0.15) is 18.5 Å². The van der Waals surface area contributed by atoms with Crippen molar-refractivity contribution in [3.63, 3.8) is 0 Å². The fourth-order valence-electron chi connectivity index (χ4n) is 2.34. The van der Waals surface area contributed by atoms with Gasteiger partial charge in [0.25, 0.3) is 0 Å². The number of anilines is 2. The molecule has 2 atom stereocenters. The Hall–Kier alpha value is -1.30. The largest absolute Gasteiger partial charge is 0.392 e. The van der Waals surface area contributed by atoms with E-state index in [2.05, 4.69) is 10.6 Å². The van der Waals surface area contributed by atoms with Crippen LogP contribution >= 0.6 is 11.6 Å². The lowest BCUT2D eigenvalue weighted by atomic mass is 10.1. The third-order valence-electron chi connectivity index (χ3n) is 3.19. The Morgan fingerprint density at radius 2 is 2.26 bits per heavy atom. The average Bonchev–Trinajstić information content (AvgIpc) is 2.61. The molecule has 0 saturated heterocycles. The Kier molecular flexibility index (Phi) is 3.99. The number of fused-ring (bicyclic) bond motifs is 1. The smallest absolute Gasteiger partial charge is 0.246 e. The molecule has 3 N–H and O–H groups in total. The Labute approximate surface area is 117 Å². The maximum Gasteiger partial charge on any atom is 0.246 e. The fourth-order valence-corrected chi connectivity index (χ4v) is 2.66. The van der Waals surface area contributed by atoms with Crippen molar-refractivity contribution in [2.45, 2.75) is 19.1 Å². The summed E-state index contributed by atoms with van der Waals surface area (Å²) in [5.74, 6) is -0.0797. The molecule has 0 aliphatic carbocycles. The first-order valence-corrected chi connectivity index (χ1v) is 6.52. The molecule has 0 radical (unpaired) electrons. The molecule has 5 nitrogen and oxygen atoms in total. The molecule has 1 heterocycles. The van der Waals surface area contributed by atoms with Gasteiger partial charge in [-0.05, 0) is 26.1 Å². The highest BCUT2D eigenvalue weighted by atomic mass is 35.5. The SMILES string of the molecule is CNC1C(=O)Nc2cc(N(C)CC(C)O)c(Cl)cc21. The fraction of sp³-hybridized carbons (Fsp3) is 0.462. The van der Waals surface area contributed by atoms with Gasteiger partial charge in [-0.25, -0.2) is 0 Å². The van der Waals surface area contributed by atoms with Crippen molar-refractivity contribution in [3.8, 4) is 0 Å². The molecule has 1 amide bonds. The van der Waals surface area contributed by atoms with Crippen molar-refractivity contribution in [2.75, 3.05) is 30.9 Å². The van der Waals surface area contributed by atoms with Crippen LogP contribution in [0.4, 0.5) is 11.4 Å². The van der Waals surface area contributed by atoms with Gasteiger partial charge in [-0.3, -0.25) is 4.79 Å². The second kappa shape index (κ2) is 5.36. The second-order valence-corrected chi connectivity index (χ2v) is 5.24. The lowest BCUT2D eigenvalue weighted by Crippen LogP contribution is -2.27. The number of rotatable bonds is 4. The summed E-state index contributed by atoms with van der Waals surface area (Å²) in [6.45, 7) is 2.19. The molecule has 2 rings (SSSR count). The average molecular weight is 284 g/mol. The Bertz CT molecular complexity index is 505. The van der Waals surface area contributed by atoms with E-state index in [1.165, 1.54) is 0 Å². The van der Waals surface area contributed by atoms with Gasteiger partial charge in [-0.1, -0.05) is 11.6 Å². The second-order valence-electron chi connectivity index (χ2n) is 4.83. The number of carbonyl (C=O) groups is 1. The quantitative estimate of drug-likeness (QED) is 0.781. The molecule has 0 bridgehead atoms. The van der Waals surface area contributed by atoms with Crippen molar-refractivity contribution in [2.24, 2.45) is 0 Å². The predicted molar refractivity (Wildman–Crippen MR) is 76.8 cm³/mol. The van der Waals surface area contributed by atoms with E-state index in [4.69, 9.17) is 11.6 Å². The number of carbonyl (C=O) groups excluding carboxylic acids is 1. The molecule has 104 valence electrons. The predicted octanol–water partition coefficient (Wildman–Crippen LogP) is 1.37. The number of aliphatic hydroxyl groups excluding tert-OH is 1. The van der Waals surface area contributed by atoms with E-state index in [1.807, 2.05) is 18.0 Å². The van der Waals surface area contributed by atoms with Crippen LogP contribution in [0.25, 0.3) is 0 Å². The van der Waals surface area contributed by atoms with E-state index < -0.39 is 6.10 Å². The molecular formula is C13H18ClN3O2. The van der Waals surface area contributed by atoms with Crippen LogP contribution in [0.15, 0.2) is 12.1 Å². The molecule has 0 saturated carbocycles. The lowest BCUT2D eigenvalue weighted by molar-refractivity contribution is -0.117. The molecule has 0 fully saturated rings. The third kappa shape index (κ3) is 2.68. The maximum atomic E-state index is 11.8. The van der Waals surface area contributed by atoms with Gasteiger partial charge >= 0.3 is 0 Å². The summed E-state index contributed by atoms with van der Waals surface area (Å²) in [6, 6.07) is 3.28. The Morgan fingerprint density at radius 1 is 1.58 bits per heavy atom. The first kappa shape index (κ1) is 14.1. The van der Waals surface area contributed by atoms with E-state index >= 15 is 0 Å².